The highest BCUT2D eigenvalue weighted by atomic mass is 79.9. The monoisotopic (exact) mass is 1140 g/mol. The lowest BCUT2D eigenvalue weighted by Gasteiger charge is -2.32. The number of β-amino-alcohol motifs (C(OH)–C–C–N with tert-alkyl or cyclic N) is 1. The summed E-state index contributed by atoms with van der Waals surface area (Å²) >= 11 is 19.4. The van der Waals surface area contributed by atoms with Gasteiger partial charge in [0, 0.05) is 74.4 Å². The van der Waals surface area contributed by atoms with Crippen LogP contribution in [-0.2, 0) is 22.8 Å². The standard InChI is InChI=1S/C25H29BrClFN6O2.C24H26BrClFN5O3/c1-32-6-8-33(9-7-32)10-11-34-15-29-24-21(34)13-18(25(35)31-36-14-16-2-3-16)23(22(24)28)30-20-5-4-17(26)12-19(20)27;25-15-3-4-19(18(26)9-15)29-22-17(24(34)30-35-12-14-1-2-14)10-20-23(21(22)27)28-13-32(20)8-7-31-6-5-16(33)11-31/h4-5,12-13,15-16,30H,2-3,6-11,14H2,1H3,(H,31,35);3-4,9-10,13-14,16,29,33H,1-2,5-8,11-12H2,(H,30,34). The molecular weight excluding hydrogens is 1090 g/mol. The van der Waals surface area contributed by atoms with Gasteiger partial charge < -0.3 is 29.8 Å². The van der Waals surface area contributed by atoms with Crippen LogP contribution in [0.2, 0.25) is 10.0 Å². The van der Waals surface area contributed by atoms with E-state index in [9.17, 15) is 14.7 Å². The number of likely N-dealkylation sites (tertiary alicyclic amines) is 1. The van der Waals surface area contributed by atoms with Crippen molar-refractivity contribution in [3.05, 3.63) is 103 Å². The van der Waals surface area contributed by atoms with Crippen LogP contribution in [0.3, 0.4) is 0 Å². The molecule has 2 aromatic heterocycles. The van der Waals surface area contributed by atoms with Gasteiger partial charge in [-0.1, -0.05) is 55.1 Å². The van der Waals surface area contributed by atoms with E-state index >= 15 is 8.78 Å². The van der Waals surface area contributed by atoms with Crippen LogP contribution in [-0.4, -0.2) is 129 Å². The number of amides is 2. The fourth-order valence-electron chi connectivity index (χ4n) is 8.44. The summed E-state index contributed by atoms with van der Waals surface area (Å²) in [5.41, 5.74) is 7.45. The van der Waals surface area contributed by atoms with E-state index in [0.717, 1.165) is 80.3 Å². The third-order valence-corrected chi connectivity index (χ3v) is 14.7. The van der Waals surface area contributed by atoms with Crippen LogP contribution in [0.4, 0.5) is 31.5 Å². The van der Waals surface area contributed by atoms with Crippen LogP contribution in [0.25, 0.3) is 22.1 Å². The van der Waals surface area contributed by atoms with Gasteiger partial charge in [-0.3, -0.25) is 29.1 Å². The van der Waals surface area contributed by atoms with E-state index in [4.69, 9.17) is 32.9 Å². The molecule has 16 nitrogen and oxygen atoms in total. The van der Waals surface area contributed by atoms with Crippen molar-refractivity contribution in [2.75, 3.05) is 83.3 Å². The van der Waals surface area contributed by atoms with E-state index in [1.54, 1.807) is 61.2 Å². The van der Waals surface area contributed by atoms with Gasteiger partial charge in [0.2, 0.25) is 0 Å². The molecule has 2 amide bonds. The average Bonchev–Trinajstić information content (AvgIpc) is 4.23. The zero-order valence-electron chi connectivity index (χ0n) is 39.0. The molecule has 0 radical (unpaired) electrons. The summed E-state index contributed by atoms with van der Waals surface area (Å²) in [6.07, 6.45) is 8.00. The molecule has 2 saturated heterocycles. The van der Waals surface area contributed by atoms with Crippen LogP contribution in [0, 0.1) is 23.5 Å². The second-order valence-electron chi connectivity index (χ2n) is 18.6. The zero-order chi connectivity index (χ0) is 49.8. The minimum absolute atomic E-state index is 0.00330. The number of hydroxylamine groups is 2. The summed E-state index contributed by atoms with van der Waals surface area (Å²) in [6, 6.07) is 13.6. The predicted octanol–water partition coefficient (Wildman–Crippen LogP) is 9.13. The number of piperazine rings is 1. The van der Waals surface area contributed by atoms with Gasteiger partial charge in [0.05, 0.1) is 86.9 Å². The molecule has 6 aromatic rings. The summed E-state index contributed by atoms with van der Waals surface area (Å²) in [4.78, 5) is 52.5. The quantitative estimate of drug-likeness (QED) is 0.0519. The maximum absolute atomic E-state index is 15.9. The SMILES string of the molecule is CN1CCN(CCn2cnc3c(F)c(Nc4ccc(Br)cc4Cl)c(C(=O)NOCC4CC4)cc32)CC1.O=C(NOCC1CC1)c1cc2c(ncn2CCN2CCC(O)C2)c(F)c1Nc1ccc(Br)cc1Cl. The van der Waals surface area contributed by atoms with Gasteiger partial charge in [0.1, 0.15) is 11.0 Å². The Morgan fingerprint density at radius 1 is 0.676 bits per heavy atom. The fourth-order valence-corrected chi connectivity index (χ4v) is 9.88. The highest BCUT2D eigenvalue weighted by Gasteiger charge is 2.28. The number of nitrogens with one attached hydrogen (secondary N) is 4. The van der Waals surface area contributed by atoms with Crippen molar-refractivity contribution in [1.82, 2.24) is 44.8 Å². The summed E-state index contributed by atoms with van der Waals surface area (Å²) in [7, 11) is 2.12. The highest BCUT2D eigenvalue weighted by molar-refractivity contribution is 9.10. The fraction of sp³-hybridized carbons (Fsp3) is 0.429. The molecule has 4 heterocycles. The van der Waals surface area contributed by atoms with Crippen molar-refractivity contribution in [2.45, 2.75) is 51.3 Å². The van der Waals surface area contributed by atoms with Crippen molar-refractivity contribution in [2.24, 2.45) is 11.8 Å². The van der Waals surface area contributed by atoms with E-state index in [-0.39, 0.29) is 39.6 Å². The van der Waals surface area contributed by atoms with Crippen molar-refractivity contribution >= 4 is 112 Å². The van der Waals surface area contributed by atoms with Crippen molar-refractivity contribution in [3.8, 4) is 0 Å². The predicted molar refractivity (Wildman–Crippen MR) is 278 cm³/mol. The molecule has 2 saturated carbocycles. The largest absolute Gasteiger partial charge is 0.392 e. The number of hydrogen-bond donors (Lipinski definition) is 5. The van der Waals surface area contributed by atoms with E-state index in [1.165, 1.54) is 0 Å². The van der Waals surface area contributed by atoms with E-state index in [2.05, 4.69) is 85.2 Å². The maximum atomic E-state index is 15.9. The number of aliphatic hydroxyl groups excluding tert-OH is 1. The molecule has 71 heavy (non-hydrogen) atoms. The van der Waals surface area contributed by atoms with Crippen LogP contribution in [0.1, 0.15) is 52.8 Å². The van der Waals surface area contributed by atoms with Gasteiger partial charge in [0.25, 0.3) is 11.8 Å². The Labute approximate surface area is 436 Å². The van der Waals surface area contributed by atoms with Crippen molar-refractivity contribution in [1.29, 1.82) is 0 Å². The first-order valence-electron chi connectivity index (χ1n) is 23.7. The number of aromatic nitrogens is 4. The number of anilines is 4. The molecule has 4 fully saturated rings. The molecule has 378 valence electrons. The van der Waals surface area contributed by atoms with Crippen molar-refractivity contribution in [3.63, 3.8) is 0 Å². The number of rotatable bonds is 18. The number of carbonyl (C=O) groups is 2. The maximum Gasteiger partial charge on any atom is 0.277 e. The lowest BCUT2D eigenvalue weighted by atomic mass is 10.1. The molecule has 22 heteroatoms. The van der Waals surface area contributed by atoms with E-state index in [1.807, 2.05) is 9.13 Å². The molecule has 1 atom stereocenters. The number of aliphatic hydroxyl groups is 1. The third-order valence-electron chi connectivity index (χ3n) is 13.1. The molecule has 0 bridgehead atoms. The molecule has 1 unspecified atom stereocenters. The molecule has 2 aliphatic heterocycles. The Morgan fingerprint density at radius 3 is 1.56 bits per heavy atom. The molecule has 0 spiro atoms. The van der Waals surface area contributed by atoms with E-state index in [0.29, 0.717) is 83.7 Å². The van der Waals surface area contributed by atoms with Gasteiger partial charge in [-0.2, -0.15) is 0 Å². The smallest absolute Gasteiger partial charge is 0.277 e. The molecule has 10 rings (SSSR count). The van der Waals surface area contributed by atoms with Crippen LogP contribution < -0.4 is 21.6 Å². The minimum atomic E-state index is -0.649. The molecule has 2 aliphatic carbocycles. The lowest BCUT2D eigenvalue weighted by Crippen LogP contribution is -2.45. The Kier molecular flexibility index (Phi) is 16.8. The van der Waals surface area contributed by atoms with Gasteiger partial charge in [0.15, 0.2) is 11.6 Å². The first-order valence-corrected chi connectivity index (χ1v) is 26.1. The van der Waals surface area contributed by atoms with E-state index < -0.39 is 23.4 Å². The summed E-state index contributed by atoms with van der Waals surface area (Å²) < 4.78 is 37.0. The van der Waals surface area contributed by atoms with Gasteiger partial charge >= 0.3 is 0 Å². The number of nitrogens with zero attached hydrogens (tertiary/aromatic N) is 7. The van der Waals surface area contributed by atoms with Gasteiger partial charge in [-0.15, -0.1) is 0 Å². The second kappa shape index (κ2) is 23.2. The van der Waals surface area contributed by atoms with Gasteiger partial charge in [-0.25, -0.2) is 29.7 Å². The number of imidazole rings is 2. The van der Waals surface area contributed by atoms with Crippen LogP contribution in [0.15, 0.2) is 70.1 Å². The highest BCUT2D eigenvalue weighted by Crippen LogP contribution is 2.37. The number of likely N-dealkylation sites (N-methyl/N-ethyl adjacent to an activating group) is 1. The normalized spacial score (nSPS) is 17.7. The molecule has 5 N–H and O–H groups in total. The van der Waals surface area contributed by atoms with Crippen molar-refractivity contribution < 1.29 is 33.2 Å². The number of benzene rings is 4. The lowest BCUT2D eigenvalue weighted by molar-refractivity contribution is 0.0269. The summed E-state index contributed by atoms with van der Waals surface area (Å²) in [5.74, 6) is -1.42. The Hall–Kier alpha value is -4.48. The topological polar surface area (TPSA) is 166 Å². The third kappa shape index (κ3) is 13.0. The summed E-state index contributed by atoms with van der Waals surface area (Å²) in [5, 5.41) is 16.5. The first-order chi connectivity index (χ1) is 34.3. The Balaban J connectivity index is 0.000000176. The average molecular weight is 1150 g/mol. The van der Waals surface area contributed by atoms with Crippen LogP contribution >= 0.6 is 55.1 Å². The minimum Gasteiger partial charge on any atom is -0.392 e. The molecular formula is C49H55Br2Cl2F2N11O5. The molecule has 4 aliphatic rings. The Bertz CT molecular complexity index is 2900. The number of carbonyl (C=O) groups excluding carboxylic acids is 2. The van der Waals surface area contributed by atoms with Crippen LogP contribution in [0.5, 0.6) is 0 Å². The first kappa shape index (κ1) is 51.4. The summed E-state index contributed by atoms with van der Waals surface area (Å²) in [6.45, 7) is 9.04. The Morgan fingerprint density at radius 2 is 1.14 bits per heavy atom. The number of hydrogen-bond acceptors (Lipinski definition) is 12. The van der Waals surface area contributed by atoms with Gasteiger partial charge in [-0.05, 0) is 99.5 Å². The number of halogens is 6. The zero-order valence-corrected chi connectivity index (χ0v) is 43.7. The number of fused-ring (bicyclic) bond motifs is 2. The molecule has 4 aromatic carbocycles. The second-order valence-corrected chi connectivity index (χ2v) is 21.2.